The van der Waals surface area contributed by atoms with Crippen LogP contribution in [0.1, 0.15) is 74.1 Å². The molecule has 0 saturated heterocycles. The topological polar surface area (TPSA) is 15.7 Å². The second-order valence-electron chi connectivity index (χ2n) is 8.60. The van der Waals surface area contributed by atoms with Gasteiger partial charge in [-0.05, 0) is 58.5 Å². The molecular formula is C24H44N2OSi2. The lowest BCUT2D eigenvalue weighted by atomic mass is 10.1. The van der Waals surface area contributed by atoms with E-state index in [2.05, 4.69) is 88.6 Å². The highest BCUT2D eigenvalue weighted by Crippen LogP contribution is 2.20. The highest BCUT2D eigenvalue weighted by atomic mass is 28.3. The predicted molar refractivity (Wildman–Crippen MR) is 130 cm³/mol. The molecule has 0 aliphatic heterocycles. The molecule has 1 unspecified atom stereocenters. The zero-order valence-corrected chi connectivity index (χ0v) is 22.0. The van der Waals surface area contributed by atoms with Gasteiger partial charge >= 0.3 is 0 Å². The van der Waals surface area contributed by atoms with Crippen molar-refractivity contribution in [3.8, 4) is 0 Å². The van der Waals surface area contributed by atoms with Crippen molar-refractivity contribution in [3.05, 3.63) is 30.3 Å². The van der Waals surface area contributed by atoms with Crippen molar-refractivity contribution in [3.63, 3.8) is 0 Å². The molecule has 5 heteroatoms. The molecule has 4 radical (unpaired) electrons. The molecule has 1 aromatic carbocycles. The second kappa shape index (κ2) is 14.5. The van der Waals surface area contributed by atoms with Crippen LogP contribution in [0.2, 0.25) is 5.16 Å². The molecule has 0 spiro atoms. The van der Waals surface area contributed by atoms with Gasteiger partial charge < -0.3 is 4.43 Å². The molecule has 0 amide bonds. The van der Waals surface area contributed by atoms with Gasteiger partial charge in [0, 0.05) is 5.60 Å². The molecule has 3 nitrogen and oxygen atoms in total. The van der Waals surface area contributed by atoms with Crippen molar-refractivity contribution in [1.29, 1.82) is 0 Å². The summed E-state index contributed by atoms with van der Waals surface area (Å²) in [7, 11) is 1.43. The Balaban J connectivity index is 2.62. The van der Waals surface area contributed by atoms with E-state index < -0.39 is 0 Å². The average molecular weight is 433 g/mol. The van der Waals surface area contributed by atoms with Gasteiger partial charge in [0.1, 0.15) is 0 Å². The van der Waals surface area contributed by atoms with Crippen LogP contribution in [0.5, 0.6) is 0 Å². The van der Waals surface area contributed by atoms with E-state index in [0.29, 0.717) is 21.1 Å². The van der Waals surface area contributed by atoms with E-state index in [1.165, 1.54) is 30.9 Å². The smallest absolute Gasteiger partial charge is 0.230 e. The minimum atomic E-state index is -0.0472. The molecule has 1 rings (SSSR count). The Labute approximate surface area is 186 Å². The van der Waals surface area contributed by atoms with Crippen molar-refractivity contribution in [2.45, 2.75) is 91.1 Å². The molecule has 0 heterocycles. The van der Waals surface area contributed by atoms with Crippen LogP contribution in [0.4, 0.5) is 0 Å². The third kappa shape index (κ3) is 10.9. The Hall–Kier alpha value is -0.466. The Bertz CT molecular complexity index is 501. The van der Waals surface area contributed by atoms with Crippen LogP contribution >= 0.6 is 0 Å². The summed E-state index contributed by atoms with van der Waals surface area (Å²) in [6, 6.07) is 11.0. The van der Waals surface area contributed by atoms with Crippen LogP contribution in [0.25, 0.3) is 0 Å². The quantitative estimate of drug-likeness (QED) is 0.226. The highest BCUT2D eigenvalue weighted by Gasteiger charge is 2.22. The number of hydrogen-bond acceptors (Lipinski definition) is 3. The lowest BCUT2D eigenvalue weighted by Gasteiger charge is -2.38. The molecule has 0 aromatic heterocycles. The molecule has 0 aliphatic carbocycles. The standard InChI is InChI=1S/C24H44N2OSi2/c1-8-25(9-2)22(26(10-3)11-4)19-15-16-20-23(29-27-24(5,6)7)28-21-17-13-12-14-18-21/h12-14,17-18,22-23H,8-11,15-16,19-20H2,1-7H3. The molecule has 164 valence electrons. The fourth-order valence-corrected chi connectivity index (χ4v) is 6.57. The van der Waals surface area contributed by atoms with Gasteiger partial charge in [0.05, 0.1) is 15.7 Å². The summed E-state index contributed by atoms with van der Waals surface area (Å²) in [4.78, 5) is 5.25. The Kier molecular flexibility index (Phi) is 13.3. The van der Waals surface area contributed by atoms with Gasteiger partial charge in [-0.15, -0.1) is 0 Å². The second-order valence-corrected chi connectivity index (χ2v) is 11.9. The van der Waals surface area contributed by atoms with E-state index in [4.69, 9.17) is 4.43 Å². The van der Waals surface area contributed by atoms with E-state index in [0.717, 1.165) is 35.7 Å². The summed E-state index contributed by atoms with van der Waals surface area (Å²) in [5, 5.41) is 2.11. The lowest BCUT2D eigenvalue weighted by Crippen LogP contribution is -2.48. The van der Waals surface area contributed by atoms with Crippen LogP contribution in [-0.2, 0) is 4.43 Å². The largest absolute Gasteiger partial charge is 0.413 e. The van der Waals surface area contributed by atoms with Crippen molar-refractivity contribution in [1.82, 2.24) is 9.80 Å². The van der Waals surface area contributed by atoms with Crippen molar-refractivity contribution < 1.29 is 4.43 Å². The Morgan fingerprint density at radius 1 is 0.828 bits per heavy atom. The number of hydrogen-bond donors (Lipinski definition) is 0. The first kappa shape index (κ1) is 26.6. The predicted octanol–water partition coefficient (Wildman–Crippen LogP) is 4.77. The third-order valence-corrected chi connectivity index (χ3v) is 8.69. The van der Waals surface area contributed by atoms with E-state index >= 15 is 0 Å². The number of unbranched alkanes of at least 4 members (excludes halogenated alkanes) is 1. The fourth-order valence-electron chi connectivity index (χ4n) is 3.71. The molecule has 0 aliphatic rings. The zero-order valence-electron chi connectivity index (χ0n) is 20.0. The van der Waals surface area contributed by atoms with Crippen LogP contribution in [0, 0.1) is 0 Å². The third-order valence-electron chi connectivity index (χ3n) is 5.29. The van der Waals surface area contributed by atoms with Crippen LogP contribution < -0.4 is 5.19 Å². The average Bonchev–Trinajstić information content (AvgIpc) is 2.70. The molecular weight excluding hydrogens is 388 g/mol. The van der Waals surface area contributed by atoms with Gasteiger partial charge in [0.25, 0.3) is 0 Å². The first-order valence-corrected chi connectivity index (χ1v) is 13.6. The maximum atomic E-state index is 6.21. The minimum absolute atomic E-state index is 0.0472. The van der Waals surface area contributed by atoms with Gasteiger partial charge in [-0.1, -0.05) is 82.5 Å². The fraction of sp³-hybridized carbons (Fsp3) is 0.750. The van der Waals surface area contributed by atoms with Crippen molar-refractivity contribution in [2.24, 2.45) is 0 Å². The molecule has 29 heavy (non-hydrogen) atoms. The summed E-state index contributed by atoms with van der Waals surface area (Å²) >= 11 is 0. The number of nitrogens with zero attached hydrogens (tertiary/aromatic N) is 2. The lowest BCUT2D eigenvalue weighted by molar-refractivity contribution is 0.0482. The molecule has 1 aromatic rings. The minimum Gasteiger partial charge on any atom is -0.413 e. The maximum absolute atomic E-state index is 6.21. The summed E-state index contributed by atoms with van der Waals surface area (Å²) in [6.07, 6.45) is 5.72. The van der Waals surface area contributed by atoms with Gasteiger partial charge in [0.15, 0.2) is 0 Å². The first-order valence-electron chi connectivity index (χ1n) is 11.6. The summed E-state index contributed by atoms with van der Waals surface area (Å²) in [5.74, 6) is 0. The van der Waals surface area contributed by atoms with Crippen LogP contribution in [0.15, 0.2) is 30.3 Å². The van der Waals surface area contributed by atoms with Crippen LogP contribution in [-0.4, -0.2) is 67.0 Å². The van der Waals surface area contributed by atoms with Crippen LogP contribution in [0.3, 0.4) is 0 Å². The van der Waals surface area contributed by atoms with Gasteiger partial charge in [-0.2, -0.15) is 0 Å². The summed E-state index contributed by atoms with van der Waals surface area (Å²) in [6.45, 7) is 20.2. The molecule has 0 saturated carbocycles. The molecule has 0 N–H and O–H groups in total. The maximum Gasteiger partial charge on any atom is 0.230 e. The van der Waals surface area contributed by atoms with Gasteiger partial charge in [-0.25, -0.2) is 0 Å². The van der Waals surface area contributed by atoms with Crippen molar-refractivity contribution in [2.75, 3.05) is 26.2 Å². The summed E-state index contributed by atoms with van der Waals surface area (Å²) in [5.41, 5.74) is -0.0472. The van der Waals surface area contributed by atoms with E-state index in [-0.39, 0.29) is 5.60 Å². The van der Waals surface area contributed by atoms with Gasteiger partial charge in [-0.3, -0.25) is 9.80 Å². The SMILES string of the molecule is CCN(CC)C(CCCCC([Si]OC(C)(C)C)[Si]c1ccccc1)N(CC)CC. The van der Waals surface area contributed by atoms with Gasteiger partial charge in [0.2, 0.25) is 9.76 Å². The van der Waals surface area contributed by atoms with E-state index in [9.17, 15) is 0 Å². The van der Waals surface area contributed by atoms with Crippen molar-refractivity contribution >= 4 is 24.5 Å². The highest BCUT2D eigenvalue weighted by molar-refractivity contribution is 6.65. The Morgan fingerprint density at radius 3 is 1.83 bits per heavy atom. The normalized spacial score (nSPS) is 13.6. The zero-order chi connectivity index (χ0) is 21.7. The molecule has 1 atom stereocenters. The molecule has 0 fully saturated rings. The molecule has 0 bridgehead atoms. The monoisotopic (exact) mass is 432 g/mol. The number of benzene rings is 1. The number of rotatable bonds is 15. The van der Waals surface area contributed by atoms with E-state index in [1.54, 1.807) is 0 Å². The summed E-state index contributed by atoms with van der Waals surface area (Å²) < 4.78 is 6.21. The first-order chi connectivity index (χ1) is 13.8. The van der Waals surface area contributed by atoms with E-state index in [1.807, 2.05) is 0 Å². The Morgan fingerprint density at radius 2 is 1.34 bits per heavy atom.